The first kappa shape index (κ1) is 18.6. The number of anilines is 1. The number of hydrogen-bond donors (Lipinski definition) is 2. The van der Waals surface area contributed by atoms with Gasteiger partial charge in [0, 0.05) is 5.69 Å². The van der Waals surface area contributed by atoms with Crippen LogP contribution in [0.15, 0.2) is 24.3 Å². The number of carbonyl (C=O) groups excluding carboxylic acids is 1. The predicted octanol–water partition coefficient (Wildman–Crippen LogP) is 3.67. The van der Waals surface area contributed by atoms with Crippen molar-refractivity contribution in [2.45, 2.75) is 33.6 Å². The first-order valence-electron chi connectivity index (χ1n) is 7.57. The molecular formula is C17H25NO3S. The van der Waals surface area contributed by atoms with Gasteiger partial charge in [-0.05, 0) is 42.2 Å². The molecule has 22 heavy (non-hydrogen) atoms. The second-order valence-corrected chi connectivity index (χ2v) is 7.03. The normalized spacial score (nSPS) is 12.2. The van der Waals surface area contributed by atoms with Crippen molar-refractivity contribution in [3.63, 3.8) is 0 Å². The minimum Gasteiger partial charge on any atom is -0.481 e. The van der Waals surface area contributed by atoms with Crippen LogP contribution in [0.25, 0.3) is 0 Å². The highest BCUT2D eigenvalue weighted by atomic mass is 32.2. The number of nitrogens with one attached hydrogen (secondary N) is 1. The number of carboxylic acid groups (broad SMARTS) is 1. The van der Waals surface area contributed by atoms with Crippen molar-refractivity contribution in [1.82, 2.24) is 0 Å². The quantitative estimate of drug-likeness (QED) is 0.681. The lowest BCUT2D eigenvalue weighted by atomic mass is 10.0. The molecule has 0 aliphatic carbocycles. The molecule has 1 aromatic rings. The molecule has 1 aromatic carbocycles. The lowest BCUT2D eigenvalue weighted by Gasteiger charge is -2.09. The molecule has 4 nitrogen and oxygen atoms in total. The van der Waals surface area contributed by atoms with Crippen LogP contribution in [0.5, 0.6) is 0 Å². The number of hydrogen-bond acceptors (Lipinski definition) is 3. The van der Waals surface area contributed by atoms with Crippen molar-refractivity contribution in [2.24, 2.45) is 11.8 Å². The maximum absolute atomic E-state index is 11.8. The molecule has 0 saturated carbocycles. The number of carboxylic acids is 1. The number of aliphatic carboxylic acids is 1. The second kappa shape index (κ2) is 9.51. The summed E-state index contributed by atoms with van der Waals surface area (Å²) >= 11 is 1.65. The molecule has 5 heteroatoms. The topological polar surface area (TPSA) is 66.4 Å². The fourth-order valence-electron chi connectivity index (χ4n) is 1.85. The number of thioether (sulfide) groups is 1. The molecular weight excluding hydrogens is 298 g/mol. The Bertz CT molecular complexity index is 485. The lowest BCUT2D eigenvalue weighted by molar-refractivity contribution is -0.141. The Morgan fingerprint density at radius 1 is 1.18 bits per heavy atom. The summed E-state index contributed by atoms with van der Waals surface area (Å²) in [5.74, 6) is 0.923. The first-order valence-corrected chi connectivity index (χ1v) is 8.73. The van der Waals surface area contributed by atoms with Crippen LogP contribution < -0.4 is 5.32 Å². The molecule has 0 bridgehead atoms. The zero-order valence-electron chi connectivity index (χ0n) is 13.5. The lowest BCUT2D eigenvalue weighted by Crippen LogP contribution is -2.15. The molecule has 122 valence electrons. The molecule has 0 spiro atoms. The molecule has 0 fully saturated rings. The van der Waals surface area contributed by atoms with Gasteiger partial charge in [0.05, 0.1) is 11.7 Å². The van der Waals surface area contributed by atoms with Crippen LogP contribution in [-0.2, 0) is 16.0 Å². The molecule has 0 heterocycles. The van der Waals surface area contributed by atoms with Crippen molar-refractivity contribution in [3.8, 4) is 0 Å². The van der Waals surface area contributed by atoms with E-state index in [1.165, 1.54) is 0 Å². The van der Waals surface area contributed by atoms with Crippen molar-refractivity contribution in [3.05, 3.63) is 29.8 Å². The number of carbonyl (C=O) groups is 2. The molecule has 0 radical (unpaired) electrons. The zero-order chi connectivity index (χ0) is 16.5. The van der Waals surface area contributed by atoms with Gasteiger partial charge in [-0.2, -0.15) is 11.8 Å². The van der Waals surface area contributed by atoms with Crippen LogP contribution in [-0.4, -0.2) is 28.5 Å². The Hall–Kier alpha value is -1.49. The molecule has 1 rings (SSSR count). The minimum absolute atomic E-state index is 0.000380. The molecule has 1 amide bonds. The largest absolute Gasteiger partial charge is 0.481 e. The second-order valence-electron chi connectivity index (χ2n) is 5.92. The van der Waals surface area contributed by atoms with Gasteiger partial charge in [0.2, 0.25) is 5.91 Å². The van der Waals surface area contributed by atoms with Crippen LogP contribution in [0, 0.1) is 11.8 Å². The average molecular weight is 323 g/mol. The summed E-state index contributed by atoms with van der Waals surface area (Å²) in [5, 5.41) is 11.8. The third kappa shape index (κ3) is 7.50. The summed E-state index contributed by atoms with van der Waals surface area (Å²) in [6.07, 6.45) is 1.61. The Morgan fingerprint density at radius 2 is 1.82 bits per heavy atom. The van der Waals surface area contributed by atoms with Crippen molar-refractivity contribution >= 4 is 29.3 Å². The molecule has 0 aromatic heterocycles. The van der Waals surface area contributed by atoms with E-state index in [0.29, 0.717) is 18.1 Å². The van der Waals surface area contributed by atoms with Crippen molar-refractivity contribution in [1.29, 1.82) is 0 Å². The fourth-order valence-corrected chi connectivity index (χ4v) is 2.89. The summed E-state index contributed by atoms with van der Waals surface area (Å²) in [5.41, 5.74) is 1.71. The van der Waals surface area contributed by atoms with Crippen LogP contribution in [0.4, 0.5) is 5.69 Å². The number of amides is 1. The maximum Gasteiger partial charge on any atom is 0.306 e. The molecule has 1 atom stereocenters. The Morgan fingerprint density at radius 3 is 2.36 bits per heavy atom. The first-order chi connectivity index (χ1) is 10.4. The third-order valence-corrected chi connectivity index (χ3v) is 4.26. The van der Waals surface area contributed by atoms with Gasteiger partial charge in [0.25, 0.3) is 0 Å². The molecule has 1 unspecified atom stereocenters. The summed E-state index contributed by atoms with van der Waals surface area (Å²) < 4.78 is 0. The van der Waals surface area contributed by atoms with Crippen molar-refractivity contribution in [2.75, 3.05) is 16.8 Å². The Kier molecular flexibility index (Phi) is 8.02. The fraction of sp³-hybridized carbons (Fsp3) is 0.529. The third-order valence-electron chi connectivity index (χ3n) is 3.27. The van der Waals surface area contributed by atoms with Gasteiger partial charge < -0.3 is 10.4 Å². The van der Waals surface area contributed by atoms with Gasteiger partial charge in [0.15, 0.2) is 0 Å². The monoisotopic (exact) mass is 323 g/mol. The predicted molar refractivity (Wildman–Crippen MR) is 92.4 cm³/mol. The van der Waals surface area contributed by atoms with E-state index in [1.807, 2.05) is 24.3 Å². The van der Waals surface area contributed by atoms with Crippen molar-refractivity contribution < 1.29 is 14.7 Å². The van der Waals surface area contributed by atoms with Gasteiger partial charge in [0.1, 0.15) is 0 Å². The Labute approximate surface area is 136 Å². The highest BCUT2D eigenvalue weighted by molar-refractivity contribution is 7.99. The SMILES string of the molecule is CC(C)CCSCC(=O)Nc1ccc(CC(C)C(=O)O)cc1. The minimum atomic E-state index is -0.796. The van der Waals surface area contributed by atoms with E-state index < -0.39 is 11.9 Å². The molecule has 2 N–H and O–H groups in total. The number of benzene rings is 1. The van der Waals surface area contributed by atoms with Crippen LogP contribution in [0.2, 0.25) is 0 Å². The van der Waals surface area contributed by atoms with Gasteiger partial charge in [-0.25, -0.2) is 0 Å². The molecule has 0 saturated heterocycles. The molecule has 0 aliphatic rings. The average Bonchev–Trinajstić information content (AvgIpc) is 2.45. The summed E-state index contributed by atoms with van der Waals surface area (Å²) in [7, 11) is 0. The van der Waals surface area contributed by atoms with Crippen LogP contribution in [0.3, 0.4) is 0 Å². The van der Waals surface area contributed by atoms with E-state index >= 15 is 0 Å². The van der Waals surface area contributed by atoms with Crippen LogP contribution in [0.1, 0.15) is 32.8 Å². The van der Waals surface area contributed by atoms with E-state index in [1.54, 1.807) is 18.7 Å². The van der Waals surface area contributed by atoms with Gasteiger partial charge in [-0.15, -0.1) is 0 Å². The number of rotatable bonds is 9. The van der Waals surface area contributed by atoms with Gasteiger partial charge in [-0.3, -0.25) is 9.59 Å². The van der Waals surface area contributed by atoms with Crippen LogP contribution >= 0.6 is 11.8 Å². The highest BCUT2D eigenvalue weighted by Crippen LogP contribution is 2.14. The summed E-state index contributed by atoms with van der Waals surface area (Å²) in [6, 6.07) is 7.36. The maximum atomic E-state index is 11.8. The van der Waals surface area contributed by atoms with E-state index in [-0.39, 0.29) is 5.91 Å². The van der Waals surface area contributed by atoms with Gasteiger partial charge >= 0.3 is 5.97 Å². The highest BCUT2D eigenvalue weighted by Gasteiger charge is 2.11. The smallest absolute Gasteiger partial charge is 0.306 e. The van der Waals surface area contributed by atoms with E-state index in [2.05, 4.69) is 19.2 Å². The summed E-state index contributed by atoms with van der Waals surface area (Å²) in [6.45, 7) is 6.03. The van der Waals surface area contributed by atoms with E-state index in [4.69, 9.17) is 5.11 Å². The van der Waals surface area contributed by atoms with Gasteiger partial charge in [-0.1, -0.05) is 32.9 Å². The standard InChI is InChI=1S/C17H25NO3S/c1-12(2)8-9-22-11-16(19)18-15-6-4-14(5-7-15)10-13(3)17(20)21/h4-7,12-13H,8-11H2,1-3H3,(H,18,19)(H,20,21). The zero-order valence-corrected chi connectivity index (χ0v) is 14.3. The van der Waals surface area contributed by atoms with E-state index in [0.717, 1.165) is 23.4 Å². The van der Waals surface area contributed by atoms with E-state index in [9.17, 15) is 9.59 Å². The Balaban J connectivity index is 2.37. The molecule has 0 aliphatic heterocycles. The summed E-state index contributed by atoms with van der Waals surface area (Å²) in [4.78, 5) is 22.6.